The highest BCUT2D eigenvalue weighted by Gasteiger charge is 1.92. The molecule has 1 aromatic heterocycles. The number of rotatable bonds is 6. The molecule has 0 saturated heterocycles. The standard InChI is InChI=1S/C16H16FNO/c17-15-9-10-16(18-12-15)8-4-5-11-19-13-14-6-2-1-3-7-14/h1-4,6-10,12H,5,11,13H2. The van der Waals surface area contributed by atoms with Gasteiger partial charge >= 0.3 is 0 Å². The van der Waals surface area contributed by atoms with Crippen molar-refractivity contribution in [3.8, 4) is 0 Å². The van der Waals surface area contributed by atoms with Gasteiger partial charge < -0.3 is 4.74 Å². The summed E-state index contributed by atoms with van der Waals surface area (Å²) in [4.78, 5) is 3.94. The van der Waals surface area contributed by atoms with Crippen molar-refractivity contribution in [1.82, 2.24) is 4.98 Å². The van der Waals surface area contributed by atoms with Gasteiger partial charge in [-0.25, -0.2) is 4.39 Å². The van der Waals surface area contributed by atoms with E-state index in [9.17, 15) is 4.39 Å². The molecule has 0 bridgehead atoms. The average molecular weight is 257 g/mol. The second kappa shape index (κ2) is 7.44. The minimum atomic E-state index is -0.316. The Morgan fingerprint density at radius 2 is 1.95 bits per heavy atom. The van der Waals surface area contributed by atoms with E-state index in [4.69, 9.17) is 4.74 Å². The highest BCUT2D eigenvalue weighted by atomic mass is 19.1. The minimum Gasteiger partial charge on any atom is -0.376 e. The summed E-state index contributed by atoms with van der Waals surface area (Å²) in [6.45, 7) is 1.29. The van der Waals surface area contributed by atoms with Gasteiger partial charge in [0.2, 0.25) is 0 Å². The molecule has 98 valence electrons. The van der Waals surface area contributed by atoms with E-state index in [-0.39, 0.29) is 5.82 Å². The summed E-state index contributed by atoms with van der Waals surface area (Å²) < 4.78 is 18.2. The Balaban J connectivity index is 1.65. The van der Waals surface area contributed by atoms with E-state index < -0.39 is 0 Å². The average Bonchev–Trinajstić information content (AvgIpc) is 2.46. The second-order valence-electron chi connectivity index (χ2n) is 4.13. The van der Waals surface area contributed by atoms with Crippen LogP contribution in [0.15, 0.2) is 54.7 Å². The van der Waals surface area contributed by atoms with Crippen molar-refractivity contribution in [1.29, 1.82) is 0 Å². The van der Waals surface area contributed by atoms with Gasteiger partial charge in [0, 0.05) is 0 Å². The van der Waals surface area contributed by atoms with Gasteiger partial charge in [-0.2, -0.15) is 0 Å². The molecule has 19 heavy (non-hydrogen) atoms. The largest absolute Gasteiger partial charge is 0.376 e. The molecule has 1 heterocycles. The van der Waals surface area contributed by atoms with Crippen LogP contribution >= 0.6 is 0 Å². The highest BCUT2D eigenvalue weighted by Crippen LogP contribution is 2.03. The zero-order valence-electron chi connectivity index (χ0n) is 10.6. The molecule has 2 rings (SSSR count). The Bertz CT molecular complexity index is 508. The summed E-state index contributed by atoms with van der Waals surface area (Å²) >= 11 is 0. The first-order valence-corrected chi connectivity index (χ1v) is 6.24. The lowest BCUT2D eigenvalue weighted by atomic mass is 10.2. The molecule has 2 aromatic rings. The molecule has 3 heteroatoms. The number of ether oxygens (including phenoxy) is 1. The van der Waals surface area contributed by atoms with Crippen molar-refractivity contribution in [2.24, 2.45) is 0 Å². The smallest absolute Gasteiger partial charge is 0.141 e. The van der Waals surface area contributed by atoms with Gasteiger partial charge in [0.25, 0.3) is 0 Å². The Hall–Kier alpha value is -2.00. The van der Waals surface area contributed by atoms with Gasteiger partial charge in [-0.15, -0.1) is 0 Å². The molecule has 2 nitrogen and oxygen atoms in total. The van der Waals surface area contributed by atoms with E-state index in [2.05, 4.69) is 4.98 Å². The van der Waals surface area contributed by atoms with Crippen LogP contribution in [0.4, 0.5) is 4.39 Å². The van der Waals surface area contributed by atoms with Gasteiger partial charge in [-0.3, -0.25) is 4.98 Å². The van der Waals surface area contributed by atoms with E-state index in [1.54, 1.807) is 6.07 Å². The molecule has 0 spiro atoms. The van der Waals surface area contributed by atoms with Crippen LogP contribution in [0.3, 0.4) is 0 Å². The first kappa shape index (κ1) is 13.4. The van der Waals surface area contributed by atoms with E-state index in [1.165, 1.54) is 17.8 Å². The molecule has 0 aliphatic carbocycles. The molecule has 0 unspecified atom stereocenters. The number of benzene rings is 1. The van der Waals surface area contributed by atoms with Gasteiger partial charge in [0.1, 0.15) is 5.82 Å². The van der Waals surface area contributed by atoms with E-state index >= 15 is 0 Å². The third kappa shape index (κ3) is 5.02. The lowest BCUT2D eigenvalue weighted by Gasteiger charge is -2.01. The maximum absolute atomic E-state index is 12.6. The van der Waals surface area contributed by atoms with Crippen molar-refractivity contribution in [3.63, 3.8) is 0 Å². The van der Waals surface area contributed by atoms with Crippen LogP contribution in [0.1, 0.15) is 17.7 Å². The Labute approximate surface area is 112 Å². The zero-order valence-corrected chi connectivity index (χ0v) is 10.6. The van der Waals surface area contributed by atoms with Crippen LogP contribution in [-0.4, -0.2) is 11.6 Å². The van der Waals surface area contributed by atoms with Crippen LogP contribution in [0.25, 0.3) is 6.08 Å². The fourth-order valence-electron chi connectivity index (χ4n) is 1.61. The monoisotopic (exact) mass is 257 g/mol. The molecule has 0 saturated carbocycles. The fraction of sp³-hybridized carbons (Fsp3) is 0.188. The maximum Gasteiger partial charge on any atom is 0.141 e. The van der Waals surface area contributed by atoms with Crippen molar-refractivity contribution in [2.45, 2.75) is 13.0 Å². The number of hydrogen-bond donors (Lipinski definition) is 0. The summed E-state index contributed by atoms with van der Waals surface area (Å²) in [6, 6.07) is 13.1. The third-order valence-electron chi connectivity index (χ3n) is 2.58. The highest BCUT2D eigenvalue weighted by molar-refractivity contribution is 5.43. The molecule has 0 amide bonds. The van der Waals surface area contributed by atoms with Gasteiger partial charge in [-0.1, -0.05) is 36.4 Å². The molecular weight excluding hydrogens is 241 g/mol. The molecule has 0 N–H and O–H groups in total. The lowest BCUT2D eigenvalue weighted by Crippen LogP contribution is -1.93. The van der Waals surface area contributed by atoms with Crippen LogP contribution in [0.2, 0.25) is 0 Å². The van der Waals surface area contributed by atoms with Crippen molar-refractivity contribution in [2.75, 3.05) is 6.61 Å². The summed E-state index contributed by atoms with van der Waals surface area (Å²) in [5, 5.41) is 0. The maximum atomic E-state index is 12.6. The third-order valence-corrected chi connectivity index (χ3v) is 2.58. The van der Waals surface area contributed by atoms with E-state index in [1.807, 2.05) is 42.5 Å². The topological polar surface area (TPSA) is 22.1 Å². The van der Waals surface area contributed by atoms with Gasteiger partial charge in [0.05, 0.1) is 25.1 Å². The first-order valence-electron chi connectivity index (χ1n) is 6.24. The Morgan fingerprint density at radius 1 is 1.11 bits per heavy atom. The minimum absolute atomic E-state index is 0.316. The van der Waals surface area contributed by atoms with Crippen LogP contribution in [0, 0.1) is 5.82 Å². The number of halogens is 1. The van der Waals surface area contributed by atoms with Crippen LogP contribution in [-0.2, 0) is 11.3 Å². The predicted molar refractivity (Wildman–Crippen MR) is 73.9 cm³/mol. The van der Waals surface area contributed by atoms with Gasteiger partial charge in [-0.05, 0) is 30.2 Å². The Morgan fingerprint density at radius 3 is 2.68 bits per heavy atom. The van der Waals surface area contributed by atoms with Gasteiger partial charge in [0.15, 0.2) is 0 Å². The number of pyridine rings is 1. The summed E-state index contributed by atoms with van der Waals surface area (Å²) in [5.41, 5.74) is 1.93. The normalized spacial score (nSPS) is 11.0. The molecule has 0 fully saturated rings. The van der Waals surface area contributed by atoms with Crippen molar-refractivity contribution >= 4 is 6.08 Å². The Kier molecular flexibility index (Phi) is 5.26. The quantitative estimate of drug-likeness (QED) is 0.733. The summed E-state index contributed by atoms with van der Waals surface area (Å²) in [7, 11) is 0. The molecule has 0 radical (unpaired) electrons. The first-order chi connectivity index (χ1) is 9.34. The summed E-state index contributed by atoms with van der Waals surface area (Å²) in [6.07, 6.45) is 5.87. The van der Waals surface area contributed by atoms with Crippen molar-refractivity contribution < 1.29 is 9.13 Å². The van der Waals surface area contributed by atoms with Crippen LogP contribution in [0.5, 0.6) is 0 Å². The van der Waals surface area contributed by atoms with E-state index in [0.29, 0.717) is 13.2 Å². The number of aromatic nitrogens is 1. The van der Waals surface area contributed by atoms with E-state index in [0.717, 1.165) is 12.1 Å². The summed E-state index contributed by atoms with van der Waals surface area (Å²) in [5.74, 6) is -0.316. The number of hydrogen-bond acceptors (Lipinski definition) is 2. The zero-order chi connectivity index (χ0) is 13.3. The molecule has 0 atom stereocenters. The van der Waals surface area contributed by atoms with Crippen molar-refractivity contribution in [3.05, 3.63) is 71.8 Å². The SMILES string of the molecule is Fc1ccc(C=CCCOCc2ccccc2)nc1. The fourth-order valence-corrected chi connectivity index (χ4v) is 1.61. The predicted octanol–water partition coefficient (Wildman–Crippen LogP) is 3.84. The number of nitrogens with zero attached hydrogens (tertiary/aromatic N) is 1. The lowest BCUT2D eigenvalue weighted by molar-refractivity contribution is 0.125. The molecular formula is C16H16FNO. The molecule has 0 aliphatic heterocycles. The molecule has 1 aromatic carbocycles. The second-order valence-corrected chi connectivity index (χ2v) is 4.13. The van der Waals surface area contributed by atoms with Crippen LogP contribution < -0.4 is 0 Å². The molecule has 0 aliphatic rings.